The molecule has 2 rings (SSSR count). The number of halogens is 2. The maximum atomic E-state index is 6.11. The monoisotopic (exact) mass is 344 g/mol. The lowest BCUT2D eigenvalue weighted by atomic mass is 9.95. The van der Waals surface area contributed by atoms with Gasteiger partial charge in [-0.2, -0.15) is 0 Å². The van der Waals surface area contributed by atoms with Crippen LogP contribution in [-0.4, -0.2) is 31.1 Å². The maximum Gasteiger partial charge on any atom is 0.0548 e. The Morgan fingerprint density at radius 3 is 2.58 bits per heavy atom. The average molecular weight is 346 g/mol. The third-order valence-corrected chi connectivity index (χ3v) is 4.83. The smallest absolute Gasteiger partial charge is 0.0548 e. The predicted octanol–water partition coefficient (Wildman–Crippen LogP) is 4.09. The number of hydrogen-bond donors (Lipinski definition) is 1. The molecule has 1 saturated heterocycles. The lowest BCUT2D eigenvalue weighted by Crippen LogP contribution is -2.45. The van der Waals surface area contributed by atoms with Crippen molar-refractivity contribution in [2.45, 2.75) is 26.3 Å². The van der Waals surface area contributed by atoms with Crippen molar-refractivity contribution in [1.29, 1.82) is 0 Å². The minimum Gasteiger partial charge on any atom is -0.314 e. The quantitative estimate of drug-likeness (QED) is 0.884. The van der Waals surface area contributed by atoms with Gasteiger partial charge in [-0.25, -0.2) is 0 Å². The molecule has 0 aliphatic carbocycles. The normalized spacial score (nSPS) is 18.8. The van der Waals surface area contributed by atoms with Gasteiger partial charge in [-0.1, -0.05) is 31.5 Å². The van der Waals surface area contributed by atoms with Crippen molar-refractivity contribution in [1.82, 2.24) is 10.2 Å². The largest absolute Gasteiger partial charge is 0.314 e. The molecule has 0 unspecified atom stereocenters. The van der Waals surface area contributed by atoms with Gasteiger partial charge in [0.2, 0.25) is 0 Å². The molecule has 1 heterocycles. The number of rotatable bonds is 4. The Hall–Kier alpha value is -0.0900. The van der Waals surface area contributed by atoms with Crippen molar-refractivity contribution < 1.29 is 0 Å². The van der Waals surface area contributed by atoms with Gasteiger partial charge >= 0.3 is 0 Å². The lowest BCUT2D eigenvalue weighted by Gasteiger charge is -2.36. The zero-order valence-corrected chi connectivity index (χ0v) is 14.0. The maximum absolute atomic E-state index is 6.11. The summed E-state index contributed by atoms with van der Waals surface area (Å²) >= 11 is 9.65. The molecular formula is C15H22BrClN2. The molecule has 1 aromatic carbocycles. The first kappa shape index (κ1) is 15.3. The Morgan fingerprint density at radius 1 is 1.32 bits per heavy atom. The van der Waals surface area contributed by atoms with E-state index in [0.29, 0.717) is 12.0 Å². The van der Waals surface area contributed by atoms with Crippen molar-refractivity contribution in [3.05, 3.63) is 33.3 Å². The van der Waals surface area contributed by atoms with Gasteiger partial charge in [-0.15, -0.1) is 0 Å². The second-order valence-corrected chi connectivity index (χ2v) is 6.87. The molecule has 0 aromatic heterocycles. The number of nitrogens with zero attached hydrogens (tertiary/aromatic N) is 1. The summed E-state index contributed by atoms with van der Waals surface area (Å²) in [7, 11) is 0. The number of benzene rings is 1. The molecule has 1 aliphatic heterocycles. The molecule has 106 valence electrons. The van der Waals surface area contributed by atoms with Crippen LogP contribution >= 0.6 is 27.5 Å². The van der Waals surface area contributed by atoms with Crippen LogP contribution in [0.4, 0.5) is 0 Å². The molecule has 0 saturated carbocycles. The molecule has 0 amide bonds. The van der Waals surface area contributed by atoms with Gasteiger partial charge in [0.1, 0.15) is 0 Å². The molecule has 0 bridgehead atoms. The fourth-order valence-corrected chi connectivity index (χ4v) is 3.17. The summed E-state index contributed by atoms with van der Waals surface area (Å²) in [4.78, 5) is 2.59. The van der Waals surface area contributed by atoms with Gasteiger partial charge in [0.25, 0.3) is 0 Å². The van der Waals surface area contributed by atoms with Crippen LogP contribution < -0.4 is 5.32 Å². The zero-order chi connectivity index (χ0) is 13.8. The van der Waals surface area contributed by atoms with E-state index in [4.69, 9.17) is 11.6 Å². The third-order valence-electron chi connectivity index (χ3n) is 3.62. The summed E-state index contributed by atoms with van der Waals surface area (Å²) in [5.41, 5.74) is 1.37. The van der Waals surface area contributed by atoms with E-state index in [1.54, 1.807) is 0 Å². The van der Waals surface area contributed by atoms with Crippen LogP contribution in [0.5, 0.6) is 0 Å². The second kappa shape index (κ2) is 7.07. The van der Waals surface area contributed by atoms with Gasteiger partial charge in [-0.05, 0) is 46.0 Å². The fraction of sp³-hybridized carbons (Fsp3) is 0.600. The molecule has 4 heteroatoms. The van der Waals surface area contributed by atoms with Gasteiger partial charge in [-0.3, -0.25) is 4.90 Å². The second-order valence-electron chi connectivity index (χ2n) is 5.60. The molecule has 1 aromatic rings. The molecule has 1 fully saturated rings. The highest BCUT2D eigenvalue weighted by molar-refractivity contribution is 9.10. The van der Waals surface area contributed by atoms with Crippen molar-refractivity contribution >= 4 is 27.5 Å². The molecule has 1 atom stereocenters. The van der Waals surface area contributed by atoms with E-state index in [9.17, 15) is 0 Å². The highest BCUT2D eigenvalue weighted by Gasteiger charge is 2.23. The summed E-state index contributed by atoms with van der Waals surface area (Å²) in [6.45, 7) is 9.00. The molecule has 0 spiro atoms. The van der Waals surface area contributed by atoms with E-state index in [1.165, 1.54) is 12.0 Å². The summed E-state index contributed by atoms with van der Waals surface area (Å²) in [5.74, 6) is 0.689. The molecule has 2 nitrogen and oxygen atoms in total. The highest BCUT2D eigenvalue weighted by atomic mass is 79.9. The number of nitrogens with one attached hydrogen (secondary N) is 1. The summed E-state index contributed by atoms with van der Waals surface area (Å²) < 4.78 is 0.996. The van der Waals surface area contributed by atoms with Crippen LogP contribution in [0, 0.1) is 5.92 Å². The summed E-state index contributed by atoms with van der Waals surface area (Å²) in [6, 6.07) is 6.84. The van der Waals surface area contributed by atoms with Gasteiger partial charge in [0.05, 0.1) is 5.02 Å². The van der Waals surface area contributed by atoms with E-state index in [2.05, 4.69) is 52.1 Å². The summed E-state index contributed by atoms with van der Waals surface area (Å²) in [6.07, 6.45) is 1.19. The third kappa shape index (κ3) is 4.19. The van der Waals surface area contributed by atoms with E-state index in [1.807, 2.05) is 6.07 Å². The minimum absolute atomic E-state index is 0.496. The van der Waals surface area contributed by atoms with Crippen LogP contribution in [0.15, 0.2) is 22.7 Å². The SMILES string of the molecule is CC(C)C[C@H](c1ccc(Cl)c(Br)c1)N1CCNCC1. The van der Waals surface area contributed by atoms with Crippen LogP contribution in [-0.2, 0) is 0 Å². The standard InChI is InChI=1S/C15H22BrClN2/c1-11(2)9-15(19-7-5-18-6-8-19)12-3-4-14(17)13(16)10-12/h3-4,10-11,15,18H,5-9H2,1-2H3/t15-/m1/s1. The number of piperazine rings is 1. The van der Waals surface area contributed by atoms with Crippen molar-refractivity contribution in [2.75, 3.05) is 26.2 Å². The molecule has 0 radical (unpaired) electrons. The number of hydrogen-bond acceptors (Lipinski definition) is 2. The Kier molecular flexibility index (Phi) is 5.70. The molecule has 19 heavy (non-hydrogen) atoms. The zero-order valence-electron chi connectivity index (χ0n) is 11.6. The van der Waals surface area contributed by atoms with Gasteiger partial charge < -0.3 is 5.32 Å². The fourth-order valence-electron chi connectivity index (χ4n) is 2.66. The topological polar surface area (TPSA) is 15.3 Å². The van der Waals surface area contributed by atoms with Crippen LogP contribution in [0.25, 0.3) is 0 Å². The van der Waals surface area contributed by atoms with E-state index < -0.39 is 0 Å². The average Bonchev–Trinajstić information content (AvgIpc) is 2.40. The minimum atomic E-state index is 0.496. The summed E-state index contributed by atoms with van der Waals surface area (Å²) in [5, 5.41) is 4.21. The van der Waals surface area contributed by atoms with Gasteiger partial charge in [0, 0.05) is 36.7 Å². The Bertz CT molecular complexity index is 417. The first-order valence-electron chi connectivity index (χ1n) is 6.97. The van der Waals surface area contributed by atoms with Crippen LogP contribution in [0.3, 0.4) is 0 Å². The molecule has 1 N–H and O–H groups in total. The van der Waals surface area contributed by atoms with Crippen molar-refractivity contribution in [3.8, 4) is 0 Å². The van der Waals surface area contributed by atoms with Crippen molar-refractivity contribution in [2.24, 2.45) is 5.92 Å². The van der Waals surface area contributed by atoms with E-state index in [0.717, 1.165) is 35.7 Å². The predicted molar refractivity (Wildman–Crippen MR) is 85.8 cm³/mol. The first-order valence-corrected chi connectivity index (χ1v) is 8.14. The van der Waals surface area contributed by atoms with E-state index >= 15 is 0 Å². The van der Waals surface area contributed by atoms with E-state index in [-0.39, 0.29) is 0 Å². The van der Waals surface area contributed by atoms with Crippen LogP contribution in [0.1, 0.15) is 31.9 Å². The molecule has 1 aliphatic rings. The van der Waals surface area contributed by atoms with Crippen LogP contribution in [0.2, 0.25) is 5.02 Å². The Morgan fingerprint density at radius 2 is 2.00 bits per heavy atom. The van der Waals surface area contributed by atoms with Gasteiger partial charge in [0.15, 0.2) is 0 Å². The Balaban J connectivity index is 2.22. The first-order chi connectivity index (χ1) is 9.08. The van der Waals surface area contributed by atoms with Crippen molar-refractivity contribution in [3.63, 3.8) is 0 Å². The Labute approximate surface area is 129 Å². The molecular weight excluding hydrogens is 324 g/mol. The lowest BCUT2D eigenvalue weighted by molar-refractivity contribution is 0.154. The highest BCUT2D eigenvalue weighted by Crippen LogP contribution is 2.32.